The van der Waals surface area contributed by atoms with Crippen LogP contribution in [0.4, 0.5) is 0 Å². The van der Waals surface area contributed by atoms with Crippen molar-refractivity contribution in [2.45, 2.75) is 26.7 Å². The molecule has 0 amide bonds. The molecule has 0 aromatic carbocycles. The fourth-order valence-corrected chi connectivity index (χ4v) is 0.405. The third-order valence-corrected chi connectivity index (χ3v) is 0.934. The lowest BCUT2D eigenvalue weighted by atomic mass is 10.3. The summed E-state index contributed by atoms with van der Waals surface area (Å²) >= 11 is 0. The number of rotatable bonds is 5. The van der Waals surface area contributed by atoms with E-state index in [9.17, 15) is 4.79 Å². The SMILES string of the molecule is CCOCC.NCCCC=O. The molecule has 68 valence electrons. The lowest BCUT2D eigenvalue weighted by molar-refractivity contribution is -0.107. The van der Waals surface area contributed by atoms with E-state index in [1.165, 1.54) is 0 Å². The molecular weight excluding hydrogens is 142 g/mol. The first-order valence-corrected chi connectivity index (χ1v) is 4.04. The van der Waals surface area contributed by atoms with Crippen LogP contribution in [-0.2, 0) is 9.53 Å². The maximum absolute atomic E-state index is 9.51. The van der Waals surface area contributed by atoms with Gasteiger partial charge in [0.2, 0.25) is 0 Å². The van der Waals surface area contributed by atoms with Crippen LogP contribution in [0.25, 0.3) is 0 Å². The number of nitrogens with two attached hydrogens (primary N) is 1. The standard InChI is InChI=1S/C4H9NO.C4H10O/c5-3-1-2-4-6;1-3-5-4-2/h4H,1-3,5H2;3-4H2,1-2H3. The van der Waals surface area contributed by atoms with Crippen molar-refractivity contribution >= 4 is 6.29 Å². The Morgan fingerprint density at radius 2 is 1.91 bits per heavy atom. The molecule has 0 aliphatic rings. The van der Waals surface area contributed by atoms with Gasteiger partial charge in [0.25, 0.3) is 0 Å². The van der Waals surface area contributed by atoms with Gasteiger partial charge in [-0.3, -0.25) is 0 Å². The van der Waals surface area contributed by atoms with Gasteiger partial charge in [0.1, 0.15) is 6.29 Å². The van der Waals surface area contributed by atoms with Gasteiger partial charge in [0, 0.05) is 19.6 Å². The van der Waals surface area contributed by atoms with Crippen LogP contribution in [0.15, 0.2) is 0 Å². The topological polar surface area (TPSA) is 52.3 Å². The summed E-state index contributed by atoms with van der Waals surface area (Å²) in [6.07, 6.45) is 2.31. The van der Waals surface area contributed by atoms with Crippen LogP contribution in [0.2, 0.25) is 0 Å². The molecule has 0 bridgehead atoms. The number of ether oxygens (including phenoxy) is 1. The van der Waals surface area contributed by atoms with Gasteiger partial charge in [-0.1, -0.05) is 0 Å². The Bertz CT molecular complexity index is 65.1. The highest BCUT2D eigenvalue weighted by Crippen LogP contribution is 1.75. The van der Waals surface area contributed by atoms with Crippen molar-refractivity contribution < 1.29 is 9.53 Å². The smallest absolute Gasteiger partial charge is 0.120 e. The Labute approximate surface area is 68.9 Å². The maximum Gasteiger partial charge on any atom is 0.120 e. The third kappa shape index (κ3) is 26.2. The summed E-state index contributed by atoms with van der Waals surface area (Å²) in [5.41, 5.74) is 5.06. The van der Waals surface area contributed by atoms with Gasteiger partial charge in [0.05, 0.1) is 0 Å². The van der Waals surface area contributed by atoms with Crippen molar-refractivity contribution in [3.05, 3.63) is 0 Å². The Morgan fingerprint density at radius 3 is 2.00 bits per heavy atom. The van der Waals surface area contributed by atoms with E-state index in [1.54, 1.807) is 0 Å². The zero-order valence-corrected chi connectivity index (χ0v) is 7.51. The van der Waals surface area contributed by atoms with E-state index in [4.69, 9.17) is 10.5 Å². The van der Waals surface area contributed by atoms with Crippen LogP contribution in [0.3, 0.4) is 0 Å². The van der Waals surface area contributed by atoms with Gasteiger partial charge < -0.3 is 15.3 Å². The minimum Gasteiger partial charge on any atom is -0.382 e. The molecule has 0 rings (SSSR count). The minimum absolute atomic E-state index is 0.608. The summed E-state index contributed by atoms with van der Waals surface area (Å²) < 4.78 is 4.83. The predicted octanol–water partition coefficient (Wildman–Crippen LogP) is 0.967. The van der Waals surface area contributed by atoms with E-state index in [0.29, 0.717) is 13.0 Å². The summed E-state index contributed by atoms with van der Waals surface area (Å²) in [5, 5.41) is 0. The second-order valence-corrected chi connectivity index (χ2v) is 1.88. The molecule has 0 aliphatic carbocycles. The first-order chi connectivity index (χ1) is 5.33. The fraction of sp³-hybridized carbons (Fsp3) is 0.875. The van der Waals surface area contributed by atoms with Crippen LogP contribution >= 0.6 is 0 Å². The minimum atomic E-state index is 0.608. The van der Waals surface area contributed by atoms with Crippen molar-refractivity contribution in [1.82, 2.24) is 0 Å². The Hall–Kier alpha value is -0.410. The van der Waals surface area contributed by atoms with Crippen molar-refractivity contribution in [2.75, 3.05) is 19.8 Å². The van der Waals surface area contributed by atoms with Crippen LogP contribution in [0.5, 0.6) is 0 Å². The zero-order chi connectivity index (χ0) is 8.95. The molecule has 3 nitrogen and oxygen atoms in total. The molecule has 0 fully saturated rings. The lowest BCUT2D eigenvalue weighted by Gasteiger charge is -1.86. The quantitative estimate of drug-likeness (QED) is 0.483. The normalized spacial score (nSPS) is 8.27. The average Bonchev–Trinajstić information content (AvgIpc) is 2.04. The second kappa shape index (κ2) is 16.3. The molecule has 0 radical (unpaired) electrons. The third-order valence-electron chi connectivity index (χ3n) is 0.934. The van der Waals surface area contributed by atoms with E-state index in [-0.39, 0.29) is 0 Å². The lowest BCUT2D eigenvalue weighted by Crippen LogP contribution is -1.97. The summed E-state index contributed by atoms with van der Waals surface area (Å²) in [4.78, 5) is 9.51. The van der Waals surface area contributed by atoms with Crippen LogP contribution in [0, 0.1) is 0 Å². The molecule has 2 N–H and O–H groups in total. The van der Waals surface area contributed by atoms with Crippen LogP contribution in [-0.4, -0.2) is 26.0 Å². The van der Waals surface area contributed by atoms with E-state index < -0.39 is 0 Å². The molecule has 0 aliphatic heterocycles. The molecule has 0 saturated carbocycles. The summed E-state index contributed by atoms with van der Waals surface area (Å²) in [6, 6.07) is 0. The zero-order valence-electron chi connectivity index (χ0n) is 7.51. The van der Waals surface area contributed by atoms with Gasteiger partial charge in [-0.2, -0.15) is 0 Å². The second-order valence-electron chi connectivity index (χ2n) is 1.88. The van der Waals surface area contributed by atoms with Gasteiger partial charge in [-0.05, 0) is 26.8 Å². The summed E-state index contributed by atoms with van der Waals surface area (Å²) in [6.45, 7) is 6.29. The Balaban J connectivity index is 0. The van der Waals surface area contributed by atoms with Crippen molar-refractivity contribution in [2.24, 2.45) is 5.73 Å². The first-order valence-electron chi connectivity index (χ1n) is 4.04. The molecule has 0 spiro atoms. The molecule has 0 saturated heterocycles. The Morgan fingerprint density at radius 1 is 1.36 bits per heavy atom. The van der Waals surface area contributed by atoms with Crippen LogP contribution < -0.4 is 5.73 Å². The van der Waals surface area contributed by atoms with Crippen molar-refractivity contribution in [3.8, 4) is 0 Å². The predicted molar refractivity (Wildman–Crippen MR) is 46.5 cm³/mol. The fourth-order valence-electron chi connectivity index (χ4n) is 0.405. The molecule has 0 unspecified atom stereocenters. The van der Waals surface area contributed by atoms with E-state index in [1.807, 2.05) is 13.8 Å². The first kappa shape index (κ1) is 13.2. The van der Waals surface area contributed by atoms with Crippen LogP contribution in [0.1, 0.15) is 26.7 Å². The van der Waals surface area contributed by atoms with Gasteiger partial charge in [-0.25, -0.2) is 0 Å². The molecule has 0 atom stereocenters. The summed E-state index contributed by atoms with van der Waals surface area (Å²) in [5.74, 6) is 0. The average molecular weight is 161 g/mol. The Kier molecular flexibility index (Phi) is 19.6. The van der Waals surface area contributed by atoms with Gasteiger partial charge in [-0.15, -0.1) is 0 Å². The van der Waals surface area contributed by atoms with Gasteiger partial charge in [0.15, 0.2) is 0 Å². The van der Waals surface area contributed by atoms with E-state index in [2.05, 4.69) is 0 Å². The molecule has 0 aromatic rings. The largest absolute Gasteiger partial charge is 0.382 e. The highest BCUT2D eigenvalue weighted by Gasteiger charge is 1.74. The number of hydrogen-bond donors (Lipinski definition) is 1. The number of carbonyl (C=O) groups is 1. The molecule has 11 heavy (non-hydrogen) atoms. The van der Waals surface area contributed by atoms with E-state index >= 15 is 0 Å². The monoisotopic (exact) mass is 161 g/mol. The van der Waals surface area contributed by atoms with Crippen molar-refractivity contribution in [3.63, 3.8) is 0 Å². The number of unbranched alkanes of at least 4 members (excludes halogenated alkanes) is 1. The molecule has 3 heteroatoms. The van der Waals surface area contributed by atoms with Gasteiger partial charge >= 0.3 is 0 Å². The number of aldehydes is 1. The van der Waals surface area contributed by atoms with E-state index in [0.717, 1.165) is 25.9 Å². The molecule has 0 heterocycles. The highest BCUT2D eigenvalue weighted by atomic mass is 16.5. The van der Waals surface area contributed by atoms with Crippen molar-refractivity contribution in [1.29, 1.82) is 0 Å². The highest BCUT2D eigenvalue weighted by molar-refractivity contribution is 5.48. The number of carbonyl (C=O) groups excluding carboxylic acids is 1. The molecular formula is C8H19NO2. The molecule has 0 aromatic heterocycles. The maximum atomic E-state index is 9.51. The number of hydrogen-bond acceptors (Lipinski definition) is 3. The summed E-state index contributed by atoms with van der Waals surface area (Å²) in [7, 11) is 0.